The molecule has 0 amide bonds. The standard InChI is InChI=1S/C14H23N5.4ClH/c15-14-3-1-2-11(19-14)6-10-7-17-9-13(10)18-12-4-5-16-8-12;;;;/h1-3,10,12-13,16-18H,4-9H2,(H2,15,19);4*1H/t10-,12-,13-;;;;/m0..../s1. The second kappa shape index (κ2) is 12.4. The van der Waals surface area contributed by atoms with Crippen LogP contribution in [0.2, 0.25) is 0 Å². The van der Waals surface area contributed by atoms with E-state index in [4.69, 9.17) is 5.73 Å². The van der Waals surface area contributed by atoms with Gasteiger partial charge < -0.3 is 21.7 Å². The van der Waals surface area contributed by atoms with Crippen molar-refractivity contribution >= 4 is 55.4 Å². The minimum absolute atomic E-state index is 0. The minimum Gasteiger partial charge on any atom is -0.384 e. The Kier molecular flexibility index (Phi) is 13.6. The van der Waals surface area contributed by atoms with Crippen LogP contribution in [-0.4, -0.2) is 43.2 Å². The van der Waals surface area contributed by atoms with E-state index in [1.54, 1.807) is 0 Å². The van der Waals surface area contributed by atoms with Crippen molar-refractivity contribution in [1.82, 2.24) is 20.9 Å². The minimum atomic E-state index is 0. The van der Waals surface area contributed by atoms with E-state index in [0.717, 1.165) is 38.3 Å². The molecule has 2 saturated heterocycles. The van der Waals surface area contributed by atoms with Crippen LogP contribution in [0.3, 0.4) is 0 Å². The fourth-order valence-corrected chi connectivity index (χ4v) is 3.12. The Labute approximate surface area is 163 Å². The highest BCUT2D eigenvalue weighted by Crippen LogP contribution is 2.17. The number of nitrogen functional groups attached to an aromatic ring is 1. The summed E-state index contributed by atoms with van der Waals surface area (Å²) in [5, 5.41) is 10.7. The summed E-state index contributed by atoms with van der Waals surface area (Å²) < 4.78 is 0. The van der Waals surface area contributed by atoms with E-state index in [-0.39, 0.29) is 49.6 Å². The summed E-state index contributed by atoms with van der Waals surface area (Å²) in [6.45, 7) is 4.36. The number of aromatic nitrogens is 1. The summed E-state index contributed by atoms with van der Waals surface area (Å²) in [6, 6.07) is 7.08. The second-order valence-electron chi connectivity index (χ2n) is 5.64. The Morgan fingerprint density at radius 1 is 1.09 bits per heavy atom. The maximum Gasteiger partial charge on any atom is 0.123 e. The first-order chi connectivity index (χ1) is 9.31. The van der Waals surface area contributed by atoms with Gasteiger partial charge in [-0.3, -0.25) is 0 Å². The van der Waals surface area contributed by atoms with Crippen molar-refractivity contribution in [2.75, 3.05) is 31.9 Å². The lowest BCUT2D eigenvalue weighted by atomic mass is 9.96. The normalized spacial score (nSPS) is 25.5. The summed E-state index contributed by atoms with van der Waals surface area (Å²) in [5.41, 5.74) is 6.85. The van der Waals surface area contributed by atoms with Crippen LogP contribution in [-0.2, 0) is 6.42 Å². The molecule has 0 saturated carbocycles. The number of anilines is 1. The van der Waals surface area contributed by atoms with E-state index in [1.165, 1.54) is 6.42 Å². The molecule has 2 aliphatic rings. The molecule has 23 heavy (non-hydrogen) atoms. The fourth-order valence-electron chi connectivity index (χ4n) is 3.12. The molecule has 1 aromatic heterocycles. The lowest BCUT2D eigenvalue weighted by Gasteiger charge is -2.23. The van der Waals surface area contributed by atoms with Crippen molar-refractivity contribution in [3.8, 4) is 0 Å². The lowest BCUT2D eigenvalue weighted by Crippen LogP contribution is -2.44. The van der Waals surface area contributed by atoms with Gasteiger partial charge in [-0.15, -0.1) is 49.6 Å². The third-order valence-electron chi connectivity index (χ3n) is 4.15. The molecule has 0 unspecified atom stereocenters. The highest BCUT2D eigenvalue weighted by atomic mass is 35.5. The molecule has 2 aliphatic heterocycles. The maximum absolute atomic E-state index is 5.75. The maximum atomic E-state index is 5.75. The number of pyridine rings is 1. The highest BCUT2D eigenvalue weighted by Gasteiger charge is 2.30. The molecule has 5 nitrogen and oxygen atoms in total. The quantitative estimate of drug-likeness (QED) is 0.608. The molecule has 3 rings (SSSR count). The molecule has 0 aromatic carbocycles. The molecule has 0 aliphatic carbocycles. The number of hydrogen-bond acceptors (Lipinski definition) is 5. The van der Waals surface area contributed by atoms with Gasteiger partial charge in [-0.2, -0.15) is 0 Å². The van der Waals surface area contributed by atoms with E-state index in [2.05, 4.69) is 27.0 Å². The van der Waals surface area contributed by atoms with Crippen molar-refractivity contribution in [2.45, 2.75) is 24.9 Å². The average Bonchev–Trinajstić information content (AvgIpc) is 3.03. The van der Waals surface area contributed by atoms with Gasteiger partial charge in [0.2, 0.25) is 0 Å². The molecule has 5 N–H and O–H groups in total. The van der Waals surface area contributed by atoms with Crippen LogP contribution >= 0.6 is 49.6 Å². The van der Waals surface area contributed by atoms with Gasteiger partial charge in [0.05, 0.1) is 0 Å². The van der Waals surface area contributed by atoms with Crippen molar-refractivity contribution in [3.63, 3.8) is 0 Å². The van der Waals surface area contributed by atoms with E-state index in [1.807, 2.05) is 12.1 Å². The van der Waals surface area contributed by atoms with Crippen LogP contribution in [0.4, 0.5) is 5.82 Å². The van der Waals surface area contributed by atoms with Gasteiger partial charge in [-0.25, -0.2) is 4.98 Å². The Hall–Kier alpha value is -0.0100. The van der Waals surface area contributed by atoms with E-state index in [9.17, 15) is 0 Å². The predicted octanol–water partition coefficient (Wildman–Crippen LogP) is 1.43. The lowest BCUT2D eigenvalue weighted by molar-refractivity contribution is 0.381. The van der Waals surface area contributed by atoms with Crippen LogP contribution in [0.1, 0.15) is 12.1 Å². The first-order valence-corrected chi connectivity index (χ1v) is 7.20. The van der Waals surface area contributed by atoms with Crippen LogP contribution in [0, 0.1) is 5.92 Å². The molecule has 0 spiro atoms. The van der Waals surface area contributed by atoms with Crippen LogP contribution < -0.4 is 21.7 Å². The summed E-state index contributed by atoms with van der Waals surface area (Å²) in [5.74, 6) is 1.22. The Balaban J connectivity index is 0. The van der Waals surface area contributed by atoms with Gasteiger partial charge in [-0.1, -0.05) is 6.07 Å². The average molecular weight is 407 g/mol. The number of rotatable bonds is 4. The third kappa shape index (κ3) is 7.18. The van der Waals surface area contributed by atoms with Gasteiger partial charge in [0.15, 0.2) is 0 Å². The largest absolute Gasteiger partial charge is 0.384 e. The molecule has 1 aromatic rings. The van der Waals surface area contributed by atoms with Crippen LogP contribution in [0.15, 0.2) is 18.2 Å². The van der Waals surface area contributed by atoms with Crippen LogP contribution in [0.25, 0.3) is 0 Å². The van der Waals surface area contributed by atoms with Crippen molar-refractivity contribution in [1.29, 1.82) is 0 Å². The van der Waals surface area contributed by atoms with Crippen molar-refractivity contribution < 1.29 is 0 Å². The highest BCUT2D eigenvalue weighted by molar-refractivity contribution is 5.86. The number of nitrogens with zero attached hydrogens (tertiary/aromatic N) is 1. The van der Waals surface area contributed by atoms with E-state index >= 15 is 0 Å². The monoisotopic (exact) mass is 405 g/mol. The second-order valence-corrected chi connectivity index (χ2v) is 5.64. The predicted molar refractivity (Wildman–Crippen MR) is 106 cm³/mol. The SMILES string of the molecule is Cl.Cl.Cl.Cl.Nc1cccc(C[C@H]2CNC[C@@H]2N[C@H]2CCNC2)n1. The third-order valence-corrected chi connectivity index (χ3v) is 4.15. The zero-order chi connectivity index (χ0) is 13.1. The summed E-state index contributed by atoms with van der Waals surface area (Å²) >= 11 is 0. The van der Waals surface area contributed by atoms with E-state index < -0.39 is 0 Å². The molecule has 0 bridgehead atoms. The summed E-state index contributed by atoms with van der Waals surface area (Å²) in [4.78, 5) is 4.41. The Bertz CT molecular complexity index is 431. The molecule has 9 heteroatoms. The molecule has 0 radical (unpaired) electrons. The Morgan fingerprint density at radius 3 is 2.52 bits per heavy atom. The Morgan fingerprint density at radius 2 is 1.87 bits per heavy atom. The first kappa shape index (κ1) is 25.2. The van der Waals surface area contributed by atoms with Gasteiger partial charge in [-0.05, 0) is 44.0 Å². The zero-order valence-electron chi connectivity index (χ0n) is 12.9. The van der Waals surface area contributed by atoms with Gasteiger partial charge >= 0.3 is 0 Å². The smallest absolute Gasteiger partial charge is 0.123 e. The van der Waals surface area contributed by atoms with E-state index in [0.29, 0.717) is 23.8 Å². The van der Waals surface area contributed by atoms with Crippen molar-refractivity contribution in [3.05, 3.63) is 23.9 Å². The summed E-state index contributed by atoms with van der Waals surface area (Å²) in [6.07, 6.45) is 2.23. The molecule has 2 fully saturated rings. The zero-order valence-corrected chi connectivity index (χ0v) is 16.1. The van der Waals surface area contributed by atoms with Gasteiger partial charge in [0.25, 0.3) is 0 Å². The summed E-state index contributed by atoms with van der Waals surface area (Å²) in [7, 11) is 0. The number of nitrogens with two attached hydrogens (primary N) is 1. The number of halogens is 4. The topological polar surface area (TPSA) is 75.0 Å². The molecular formula is C14H27Cl4N5. The number of hydrogen-bond donors (Lipinski definition) is 4. The number of nitrogens with one attached hydrogen (secondary N) is 3. The van der Waals surface area contributed by atoms with Gasteiger partial charge in [0, 0.05) is 30.9 Å². The van der Waals surface area contributed by atoms with Gasteiger partial charge in [0.1, 0.15) is 5.82 Å². The molecular weight excluding hydrogens is 380 g/mol. The fraction of sp³-hybridized carbons (Fsp3) is 0.643. The van der Waals surface area contributed by atoms with Crippen LogP contribution in [0.5, 0.6) is 0 Å². The molecule has 3 atom stereocenters. The van der Waals surface area contributed by atoms with Crippen molar-refractivity contribution in [2.24, 2.45) is 5.92 Å². The molecule has 3 heterocycles. The first-order valence-electron chi connectivity index (χ1n) is 7.20. The molecule has 136 valence electrons.